The molecule has 2 rings (SSSR count). The van der Waals surface area contributed by atoms with Crippen molar-refractivity contribution in [3.8, 4) is 0 Å². The normalized spacial score (nSPS) is 24.4. The average molecular weight is 381 g/mol. The second-order valence-corrected chi connectivity index (χ2v) is 8.39. The Morgan fingerprint density at radius 1 is 1.25 bits per heavy atom. The molecular weight excluding hydrogens is 362 g/mol. The molecule has 0 spiro atoms. The molecule has 6 heteroatoms. The van der Waals surface area contributed by atoms with Crippen molar-refractivity contribution in [1.29, 1.82) is 0 Å². The Morgan fingerprint density at radius 3 is 2.65 bits per heavy atom. The third-order valence-corrected chi connectivity index (χ3v) is 6.57. The summed E-state index contributed by atoms with van der Waals surface area (Å²) in [4.78, 5) is 0.255. The quantitative estimate of drug-likeness (QED) is 0.792. The molecule has 20 heavy (non-hydrogen) atoms. The van der Waals surface area contributed by atoms with Crippen LogP contribution in [0.1, 0.15) is 39.0 Å². The van der Waals surface area contributed by atoms with Crippen LogP contribution < -0.4 is 4.72 Å². The highest BCUT2D eigenvalue weighted by Crippen LogP contribution is 2.27. The van der Waals surface area contributed by atoms with Crippen LogP contribution in [-0.4, -0.2) is 14.5 Å². The van der Waals surface area contributed by atoms with Gasteiger partial charge in [-0.25, -0.2) is 13.1 Å². The molecule has 3 nitrogen and oxygen atoms in total. The predicted molar refractivity (Wildman–Crippen MR) is 85.5 cm³/mol. The molecule has 1 saturated carbocycles. The molecule has 2 atom stereocenters. The van der Waals surface area contributed by atoms with E-state index in [0.29, 0.717) is 15.4 Å². The molecule has 0 heterocycles. The number of hydrogen-bond acceptors (Lipinski definition) is 2. The summed E-state index contributed by atoms with van der Waals surface area (Å²) in [7, 11) is -3.49. The highest BCUT2D eigenvalue weighted by atomic mass is 79.9. The largest absolute Gasteiger partial charge is 0.240 e. The van der Waals surface area contributed by atoms with Crippen molar-refractivity contribution in [2.75, 3.05) is 0 Å². The number of sulfonamides is 1. The van der Waals surface area contributed by atoms with Crippen molar-refractivity contribution in [2.45, 2.75) is 50.0 Å². The van der Waals surface area contributed by atoms with Gasteiger partial charge < -0.3 is 0 Å². The lowest BCUT2D eigenvalue weighted by atomic mass is 9.98. The molecule has 0 saturated heterocycles. The van der Waals surface area contributed by atoms with Gasteiger partial charge in [0, 0.05) is 10.5 Å². The monoisotopic (exact) mass is 379 g/mol. The fourth-order valence-corrected chi connectivity index (χ4v) is 4.63. The zero-order chi connectivity index (χ0) is 14.8. The molecule has 1 fully saturated rings. The third kappa shape index (κ3) is 3.97. The highest BCUT2D eigenvalue weighted by Gasteiger charge is 2.26. The van der Waals surface area contributed by atoms with Crippen LogP contribution >= 0.6 is 27.5 Å². The molecule has 1 N–H and O–H groups in total. The summed E-state index contributed by atoms with van der Waals surface area (Å²) in [6.45, 7) is 2.12. The average Bonchev–Trinajstić information content (AvgIpc) is 2.58. The van der Waals surface area contributed by atoms with Gasteiger partial charge in [-0.1, -0.05) is 37.8 Å². The lowest BCUT2D eigenvalue weighted by Crippen LogP contribution is -2.38. The summed E-state index contributed by atoms with van der Waals surface area (Å²) in [6, 6.07) is 4.71. The Bertz CT molecular complexity index is 577. The summed E-state index contributed by atoms with van der Waals surface area (Å²) in [6.07, 6.45) is 5.45. The zero-order valence-corrected chi connectivity index (χ0v) is 14.6. The molecule has 1 aromatic carbocycles. The first-order valence-corrected chi connectivity index (χ1v) is 9.53. The smallest absolute Gasteiger partial charge is 0.208 e. The molecule has 0 aliphatic heterocycles. The van der Waals surface area contributed by atoms with Gasteiger partial charge in [0.05, 0.1) is 9.92 Å². The van der Waals surface area contributed by atoms with E-state index in [-0.39, 0.29) is 10.9 Å². The van der Waals surface area contributed by atoms with Gasteiger partial charge in [0.15, 0.2) is 0 Å². The third-order valence-electron chi connectivity index (χ3n) is 3.87. The summed E-state index contributed by atoms with van der Waals surface area (Å²) in [5.74, 6) is 0.378. The Balaban J connectivity index is 2.19. The number of hydrogen-bond donors (Lipinski definition) is 1. The van der Waals surface area contributed by atoms with Crippen molar-refractivity contribution >= 4 is 37.6 Å². The van der Waals surface area contributed by atoms with E-state index in [4.69, 9.17) is 11.6 Å². The van der Waals surface area contributed by atoms with E-state index in [1.54, 1.807) is 12.1 Å². The van der Waals surface area contributed by atoms with Crippen molar-refractivity contribution in [1.82, 2.24) is 4.72 Å². The number of halogens is 2. The maximum atomic E-state index is 12.4. The van der Waals surface area contributed by atoms with Gasteiger partial charge in [-0.2, -0.15) is 0 Å². The maximum Gasteiger partial charge on any atom is 0.240 e. The lowest BCUT2D eigenvalue weighted by molar-refractivity contribution is 0.399. The molecule has 0 amide bonds. The van der Waals surface area contributed by atoms with Crippen molar-refractivity contribution < 1.29 is 8.42 Å². The minimum Gasteiger partial charge on any atom is -0.208 e. The van der Waals surface area contributed by atoms with Gasteiger partial charge in [0.1, 0.15) is 0 Å². The van der Waals surface area contributed by atoms with Crippen LogP contribution in [0.5, 0.6) is 0 Å². The second-order valence-electron chi connectivity index (χ2n) is 5.42. The minimum atomic E-state index is -3.49. The molecule has 0 aromatic heterocycles. The molecule has 1 aliphatic carbocycles. The van der Waals surface area contributed by atoms with E-state index < -0.39 is 10.0 Å². The topological polar surface area (TPSA) is 46.2 Å². The van der Waals surface area contributed by atoms with Crippen LogP contribution in [-0.2, 0) is 10.0 Å². The minimum absolute atomic E-state index is 0.0250. The zero-order valence-electron chi connectivity index (χ0n) is 11.4. The molecular formula is C14H19BrClNO2S. The summed E-state index contributed by atoms with van der Waals surface area (Å²) in [5, 5.41) is 0.506. The fourth-order valence-electron chi connectivity index (χ4n) is 2.58. The first-order valence-electron chi connectivity index (χ1n) is 6.87. The van der Waals surface area contributed by atoms with Gasteiger partial charge >= 0.3 is 0 Å². The maximum absolute atomic E-state index is 12.4. The predicted octanol–water partition coefficient (Wildman–Crippen LogP) is 4.35. The van der Waals surface area contributed by atoms with Crippen LogP contribution in [0.15, 0.2) is 27.6 Å². The standard InChI is InChI=1S/C14H19BrClNO2S/c1-10-5-3-2-4-6-14(10)17-20(18,19)11-7-8-13(16)12(15)9-11/h7-10,14,17H,2-6H2,1H3. The highest BCUT2D eigenvalue weighted by molar-refractivity contribution is 9.10. The van der Waals surface area contributed by atoms with E-state index in [0.717, 1.165) is 19.3 Å². The fraction of sp³-hybridized carbons (Fsp3) is 0.571. The van der Waals surface area contributed by atoms with Gasteiger partial charge in [0.25, 0.3) is 0 Å². The first-order chi connectivity index (χ1) is 9.40. The summed E-state index contributed by atoms with van der Waals surface area (Å²) >= 11 is 9.17. The Kier molecular flexibility index (Phi) is 5.51. The molecule has 0 radical (unpaired) electrons. The van der Waals surface area contributed by atoms with Crippen LogP contribution in [0.2, 0.25) is 5.02 Å². The van der Waals surface area contributed by atoms with E-state index in [2.05, 4.69) is 27.6 Å². The number of rotatable bonds is 3. The molecule has 112 valence electrons. The molecule has 1 aromatic rings. The Hall–Kier alpha value is -0.100. The lowest BCUT2D eigenvalue weighted by Gasteiger charge is -2.22. The summed E-state index contributed by atoms with van der Waals surface area (Å²) < 4.78 is 28.3. The number of benzene rings is 1. The van der Waals surface area contributed by atoms with Crippen molar-refractivity contribution in [2.24, 2.45) is 5.92 Å². The van der Waals surface area contributed by atoms with Crippen molar-refractivity contribution in [3.05, 3.63) is 27.7 Å². The van der Waals surface area contributed by atoms with Gasteiger partial charge in [-0.3, -0.25) is 0 Å². The van der Waals surface area contributed by atoms with E-state index >= 15 is 0 Å². The van der Waals surface area contributed by atoms with Crippen LogP contribution in [0.25, 0.3) is 0 Å². The molecule has 0 bridgehead atoms. The van der Waals surface area contributed by atoms with Gasteiger partial charge in [-0.05, 0) is 52.9 Å². The van der Waals surface area contributed by atoms with Crippen molar-refractivity contribution in [3.63, 3.8) is 0 Å². The van der Waals surface area contributed by atoms with Crippen LogP contribution in [0.3, 0.4) is 0 Å². The number of nitrogens with one attached hydrogen (secondary N) is 1. The second kappa shape index (κ2) is 6.77. The Labute approximate surface area is 134 Å². The van der Waals surface area contributed by atoms with Crippen LogP contribution in [0, 0.1) is 5.92 Å². The van der Waals surface area contributed by atoms with E-state index in [9.17, 15) is 8.42 Å². The van der Waals surface area contributed by atoms with E-state index in [1.807, 2.05) is 0 Å². The van der Waals surface area contributed by atoms with E-state index in [1.165, 1.54) is 18.9 Å². The van der Waals surface area contributed by atoms with Gasteiger partial charge in [-0.15, -0.1) is 0 Å². The molecule has 2 unspecified atom stereocenters. The SMILES string of the molecule is CC1CCCCCC1NS(=O)(=O)c1ccc(Cl)c(Br)c1. The Morgan fingerprint density at radius 2 is 1.95 bits per heavy atom. The van der Waals surface area contributed by atoms with Crippen LogP contribution in [0.4, 0.5) is 0 Å². The molecule has 1 aliphatic rings. The summed E-state index contributed by atoms with van der Waals surface area (Å²) in [5.41, 5.74) is 0. The first kappa shape index (κ1) is 16.3. The van der Waals surface area contributed by atoms with Gasteiger partial charge in [0.2, 0.25) is 10.0 Å².